The molecule has 17 heavy (non-hydrogen) atoms. The highest BCUT2D eigenvalue weighted by molar-refractivity contribution is 5.64. The lowest BCUT2D eigenvalue weighted by Crippen LogP contribution is -2.08. The third-order valence-electron chi connectivity index (χ3n) is 2.91. The first kappa shape index (κ1) is 11.8. The maximum absolute atomic E-state index is 13.2. The highest BCUT2D eigenvalue weighted by atomic mass is 19.1. The molecule has 0 aromatic heterocycles. The number of halogens is 1. The van der Waals surface area contributed by atoms with Gasteiger partial charge in [-0.2, -0.15) is 0 Å². The van der Waals surface area contributed by atoms with Crippen LogP contribution in [0.4, 0.5) is 4.39 Å². The second-order valence-electron chi connectivity index (χ2n) is 4.15. The van der Waals surface area contributed by atoms with Gasteiger partial charge in [0.2, 0.25) is 0 Å². The van der Waals surface area contributed by atoms with Crippen molar-refractivity contribution in [3.8, 4) is 11.1 Å². The van der Waals surface area contributed by atoms with E-state index in [1.807, 2.05) is 30.3 Å². The average molecular weight is 229 g/mol. The summed E-state index contributed by atoms with van der Waals surface area (Å²) in [5.41, 5.74) is 8.98. The monoisotopic (exact) mass is 229 g/mol. The van der Waals surface area contributed by atoms with Gasteiger partial charge in [-0.1, -0.05) is 37.3 Å². The zero-order chi connectivity index (χ0) is 12.3. The van der Waals surface area contributed by atoms with E-state index in [1.165, 1.54) is 12.1 Å². The summed E-state index contributed by atoms with van der Waals surface area (Å²) in [5.74, 6) is -0.215. The van der Waals surface area contributed by atoms with E-state index >= 15 is 0 Å². The molecule has 2 heteroatoms. The van der Waals surface area contributed by atoms with Gasteiger partial charge in [0.25, 0.3) is 0 Å². The molecule has 0 heterocycles. The Morgan fingerprint density at radius 2 is 1.71 bits per heavy atom. The van der Waals surface area contributed by atoms with E-state index in [9.17, 15) is 4.39 Å². The van der Waals surface area contributed by atoms with Crippen LogP contribution in [0.2, 0.25) is 0 Å². The predicted octanol–water partition coefficient (Wildman–Crippen LogP) is 3.90. The molecule has 2 aromatic rings. The second kappa shape index (κ2) is 5.11. The Kier molecular flexibility index (Phi) is 3.55. The molecule has 2 aromatic carbocycles. The summed E-state index contributed by atoms with van der Waals surface area (Å²) >= 11 is 0. The van der Waals surface area contributed by atoms with E-state index in [2.05, 4.69) is 6.92 Å². The average Bonchev–Trinajstić information content (AvgIpc) is 2.38. The summed E-state index contributed by atoms with van der Waals surface area (Å²) in [7, 11) is 0. The molecule has 1 atom stereocenters. The molecule has 0 bridgehead atoms. The van der Waals surface area contributed by atoms with Gasteiger partial charge in [0, 0.05) is 6.04 Å². The maximum Gasteiger partial charge on any atom is 0.123 e. The molecule has 0 saturated carbocycles. The molecule has 2 rings (SSSR count). The number of hydrogen-bond acceptors (Lipinski definition) is 1. The van der Waals surface area contributed by atoms with Crippen LogP contribution >= 0.6 is 0 Å². The van der Waals surface area contributed by atoms with Crippen molar-refractivity contribution in [2.75, 3.05) is 0 Å². The Bertz CT molecular complexity index is 508. The van der Waals surface area contributed by atoms with E-state index in [-0.39, 0.29) is 11.9 Å². The summed E-state index contributed by atoms with van der Waals surface area (Å²) in [4.78, 5) is 0. The summed E-state index contributed by atoms with van der Waals surface area (Å²) in [5, 5.41) is 0. The smallest absolute Gasteiger partial charge is 0.123 e. The zero-order valence-corrected chi connectivity index (χ0v) is 9.86. The van der Waals surface area contributed by atoms with Gasteiger partial charge < -0.3 is 5.73 Å². The first-order valence-electron chi connectivity index (χ1n) is 5.82. The van der Waals surface area contributed by atoms with Crippen LogP contribution in [0.1, 0.15) is 24.9 Å². The fourth-order valence-corrected chi connectivity index (χ4v) is 1.85. The third-order valence-corrected chi connectivity index (χ3v) is 2.91. The minimum absolute atomic E-state index is 0.0449. The predicted molar refractivity (Wildman–Crippen MR) is 69.1 cm³/mol. The van der Waals surface area contributed by atoms with Crippen molar-refractivity contribution in [1.29, 1.82) is 0 Å². The van der Waals surface area contributed by atoms with E-state index in [4.69, 9.17) is 5.73 Å². The first-order valence-corrected chi connectivity index (χ1v) is 5.82. The second-order valence-corrected chi connectivity index (χ2v) is 4.15. The van der Waals surface area contributed by atoms with Crippen LogP contribution in [0.15, 0.2) is 48.5 Å². The van der Waals surface area contributed by atoms with Gasteiger partial charge in [-0.05, 0) is 41.3 Å². The van der Waals surface area contributed by atoms with Crippen molar-refractivity contribution in [3.05, 3.63) is 59.9 Å². The molecule has 0 fully saturated rings. The highest BCUT2D eigenvalue weighted by Crippen LogP contribution is 2.24. The summed E-state index contributed by atoms with van der Waals surface area (Å²) in [6, 6.07) is 14.6. The van der Waals surface area contributed by atoms with Crippen LogP contribution in [0.3, 0.4) is 0 Å². The van der Waals surface area contributed by atoms with Gasteiger partial charge in [-0.15, -0.1) is 0 Å². The molecule has 0 aliphatic rings. The van der Waals surface area contributed by atoms with Crippen molar-refractivity contribution in [2.24, 2.45) is 5.73 Å². The fraction of sp³-hybridized carbons (Fsp3) is 0.200. The van der Waals surface area contributed by atoms with Crippen LogP contribution in [-0.4, -0.2) is 0 Å². The van der Waals surface area contributed by atoms with Gasteiger partial charge in [-0.3, -0.25) is 0 Å². The normalized spacial score (nSPS) is 12.4. The van der Waals surface area contributed by atoms with Gasteiger partial charge >= 0.3 is 0 Å². The molecular formula is C15H16FN. The molecule has 0 aliphatic carbocycles. The number of nitrogens with two attached hydrogens (primary N) is 1. The van der Waals surface area contributed by atoms with Gasteiger partial charge in [0.05, 0.1) is 0 Å². The maximum atomic E-state index is 13.2. The minimum Gasteiger partial charge on any atom is -0.324 e. The molecule has 88 valence electrons. The zero-order valence-electron chi connectivity index (χ0n) is 9.86. The molecule has 1 nitrogen and oxygen atoms in total. The molecule has 0 saturated heterocycles. The Balaban J connectivity index is 2.39. The number of rotatable bonds is 3. The topological polar surface area (TPSA) is 26.0 Å². The number of benzene rings is 2. The Hall–Kier alpha value is -1.67. The molecule has 0 spiro atoms. The highest BCUT2D eigenvalue weighted by Gasteiger charge is 2.05. The molecule has 1 unspecified atom stereocenters. The van der Waals surface area contributed by atoms with Crippen LogP contribution in [0.5, 0.6) is 0 Å². The molecule has 0 amide bonds. The lowest BCUT2D eigenvalue weighted by atomic mass is 9.99. The minimum atomic E-state index is -0.215. The molecule has 0 radical (unpaired) electrons. The lowest BCUT2D eigenvalue weighted by molar-refractivity contribution is 0.628. The SMILES string of the molecule is CCC(N)c1cccc(-c2cccc(F)c2)c1. The van der Waals surface area contributed by atoms with Crippen molar-refractivity contribution in [3.63, 3.8) is 0 Å². The molecular weight excluding hydrogens is 213 g/mol. The summed E-state index contributed by atoms with van der Waals surface area (Å²) < 4.78 is 13.2. The van der Waals surface area contributed by atoms with Crippen molar-refractivity contribution < 1.29 is 4.39 Å². The van der Waals surface area contributed by atoms with Crippen molar-refractivity contribution in [1.82, 2.24) is 0 Å². The van der Waals surface area contributed by atoms with E-state index in [1.54, 1.807) is 6.07 Å². The quantitative estimate of drug-likeness (QED) is 0.848. The fourth-order valence-electron chi connectivity index (χ4n) is 1.85. The Morgan fingerprint density at radius 1 is 1.06 bits per heavy atom. The standard InChI is InChI=1S/C15H16FN/c1-2-15(17)13-7-3-5-11(9-13)12-6-4-8-14(16)10-12/h3-10,15H,2,17H2,1H3. The van der Waals surface area contributed by atoms with Crippen LogP contribution in [-0.2, 0) is 0 Å². The molecule has 2 N–H and O–H groups in total. The Morgan fingerprint density at radius 3 is 2.35 bits per heavy atom. The lowest BCUT2D eigenvalue weighted by Gasteiger charge is -2.11. The van der Waals surface area contributed by atoms with E-state index < -0.39 is 0 Å². The third kappa shape index (κ3) is 2.71. The first-order chi connectivity index (χ1) is 8.20. The van der Waals surface area contributed by atoms with Gasteiger partial charge in [0.15, 0.2) is 0 Å². The van der Waals surface area contributed by atoms with Crippen LogP contribution < -0.4 is 5.73 Å². The van der Waals surface area contributed by atoms with Crippen LogP contribution in [0.25, 0.3) is 11.1 Å². The van der Waals surface area contributed by atoms with E-state index in [0.717, 1.165) is 23.1 Å². The Labute approximate surface area is 101 Å². The summed E-state index contributed by atoms with van der Waals surface area (Å²) in [6.45, 7) is 2.06. The van der Waals surface area contributed by atoms with Gasteiger partial charge in [0.1, 0.15) is 5.82 Å². The summed E-state index contributed by atoms with van der Waals surface area (Å²) in [6.07, 6.45) is 0.895. The van der Waals surface area contributed by atoms with Crippen molar-refractivity contribution >= 4 is 0 Å². The van der Waals surface area contributed by atoms with Gasteiger partial charge in [-0.25, -0.2) is 4.39 Å². The number of hydrogen-bond donors (Lipinski definition) is 1. The van der Waals surface area contributed by atoms with Crippen molar-refractivity contribution in [2.45, 2.75) is 19.4 Å². The van der Waals surface area contributed by atoms with E-state index in [0.29, 0.717) is 0 Å². The van der Waals surface area contributed by atoms with Crippen LogP contribution in [0, 0.1) is 5.82 Å². The molecule has 0 aliphatic heterocycles. The largest absolute Gasteiger partial charge is 0.324 e.